The summed E-state index contributed by atoms with van der Waals surface area (Å²) < 4.78 is 0. The van der Waals surface area contributed by atoms with Crippen molar-refractivity contribution < 1.29 is 0 Å². The van der Waals surface area contributed by atoms with Crippen LogP contribution in [0.15, 0.2) is 36.4 Å². The first kappa shape index (κ1) is 11.9. The van der Waals surface area contributed by atoms with E-state index in [2.05, 4.69) is 46.7 Å². The summed E-state index contributed by atoms with van der Waals surface area (Å²) in [4.78, 5) is 0. The Morgan fingerprint density at radius 1 is 1.18 bits per heavy atom. The Labute approximate surface area is 106 Å². The third-order valence-corrected chi connectivity index (χ3v) is 2.64. The van der Waals surface area contributed by atoms with Crippen LogP contribution in [0.25, 0.3) is 0 Å². The highest BCUT2D eigenvalue weighted by Crippen LogP contribution is 2.07. The van der Waals surface area contributed by atoms with Gasteiger partial charge in [0.25, 0.3) is 0 Å². The molecule has 0 unspecified atom stereocenters. The summed E-state index contributed by atoms with van der Waals surface area (Å²) in [5, 5.41) is 11.3. The summed E-state index contributed by atoms with van der Waals surface area (Å²) in [5.74, 6) is 0.752. The predicted octanol–water partition coefficient (Wildman–Crippen LogP) is 3.09. The largest absolute Gasteiger partial charge is 0.368 e. The SMILES string of the molecule is Cc1cccc(CCNc2ccc(Cl)nn2)c1. The van der Waals surface area contributed by atoms with Crippen LogP contribution in [-0.2, 0) is 6.42 Å². The van der Waals surface area contributed by atoms with Gasteiger partial charge in [0, 0.05) is 6.54 Å². The Bertz CT molecular complexity index is 482. The average molecular weight is 248 g/mol. The summed E-state index contributed by atoms with van der Waals surface area (Å²) in [5.41, 5.74) is 2.60. The van der Waals surface area contributed by atoms with E-state index in [0.717, 1.165) is 18.8 Å². The van der Waals surface area contributed by atoms with Crippen molar-refractivity contribution in [2.24, 2.45) is 0 Å². The van der Waals surface area contributed by atoms with Crippen molar-refractivity contribution in [3.8, 4) is 0 Å². The standard InChI is InChI=1S/C13H14ClN3/c1-10-3-2-4-11(9-10)7-8-15-13-6-5-12(14)16-17-13/h2-6,9H,7-8H2,1H3,(H,15,17). The Morgan fingerprint density at radius 3 is 2.76 bits per heavy atom. The van der Waals surface area contributed by atoms with Crippen molar-refractivity contribution >= 4 is 17.4 Å². The van der Waals surface area contributed by atoms with Gasteiger partial charge in [-0.2, -0.15) is 0 Å². The summed E-state index contributed by atoms with van der Waals surface area (Å²) >= 11 is 5.66. The normalized spacial score (nSPS) is 10.2. The molecule has 17 heavy (non-hydrogen) atoms. The maximum Gasteiger partial charge on any atom is 0.151 e. The van der Waals surface area contributed by atoms with E-state index >= 15 is 0 Å². The van der Waals surface area contributed by atoms with Crippen molar-refractivity contribution in [3.63, 3.8) is 0 Å². The number of hydrogen-bond acceptors (Lipinski definition) is 3. The maximum atomic E-state index is 5.66. The molecule has 0 aliphatic heterocycles. The number of aromatic nitrogens is 2. The topological polar surface area (TPSA) is 37.8 Å². The number of aryl methyl sites for hydroxylation is 1. The molecule has 3 nitrogen and oxygen atoms in total. The molecule has 1 aromatic heterocycles. The van der Waals surface area contributed by atoms with Crippen LogP contribution < -0.4 is 5.32 Å². The highest BCUT2D eigenvalue weighted by atomic mass is 35.5. The van der Waals surface area contributed by atoms with Crippen molar-refractivity contribution in [1.82, 2.24) is 10.2 Å². The second-order valence-electron chi connectivity index (χ2n) is 3.91. The lowest BCUT2D eigenvalue weighted by atomic mass is 10.1. The second kappa shape index (κ2) is 5.64. The molecule has 1 aromatic carbocycles. The van der Waals surface area contributed by atoms with Crippen molar-refractivity contribution in [3.05, 3.63) is 52.7 Å². The minimum atomic E-state index is 0.411. The van der Waals surface area contributed by atoms with E-state index in [1.165, 1.54) is 11.1 Å². The minimum absolute atomic E-state index is 0.411. The predicted molar refractivity (Wildman–Crippen MR) is 70.4 cm³/mol. The summed E-state index contributed by atoms with van der Waals surface area (Å²) in [7, 11) is 0. The lowest BCUT2D eigenvalue weighted by molar-refractivity contribution is 0.966. The lowest BCUT2D eigenvalue weighted by Gasteiger charge is -2.05. The van der Waals surface area contributed by atoms with Gasteiger partial charge in [0.15, 0.2) is 5.15 Å². The Morgan fingerprint density at radius 2 is 2.06 bits per heavy atom. The van der Waals surface area contributed by atoms with Crippen LogP contribution in [0.5, 0.6) is 0 Å². The van der Waals surface area contributed by atoms with Gasteiger partial charge < -0.3 is 5.32 Å². The van der Waals surface area contributed by atoms with Crippen LogP contribution in [0.1, 0.15) is 11.1 Å². The number of anilines is 1. The number of halogens is 1. The van der Waals surface area contributed by atoms with Crippen LogP contribution in [0.4, 0.5) is 5.82 Å². The first-order valence-electron chi connectivity index (χ1n) is 5.53. The van der Waals surface area contributed by atoms with Gasteiger partial charge in [-0.1, -0.05) is 41.4 Å². The highest BCUT2D eigenvalue weighted by molar-refractivity contribution is 6.29. The summed E-state index contributed by atoms with van der Waals surface area (Å²) in [6, 6.07) is 12.0. The van der Waals surface area contributed by atoms with Gasteiger partial charge >= 0.3 is 0 Å². The van der Waals surface area contributed by atoms with Crippen LogP contribution in [0.3, 0.4) is 0 Å². The molecule has 88 valence electrons. The van der Waals surface area contributed by atoms with Crippen molar-refractivity contribution in [1.29, 1.82) is 0 Å². The van der Waals surface area contributed by atoms with E-state index < -0.39 is 0 Å². The summed E-state index contributed by atoms with van der Waals surface area (Å²) in [6.45, 7) is 2.93. The van der Waals surface area contributed by atoms with Crippen LogP contribution in [0, 0.1) is 6.92 Å². The first-order chi connectivity index (χ1) is 8.24. The first-order valence-corrected chi connectivity index (χ1v) is 5.90. The molecule has 0 bridgehead atoms. The van der Waals surface area contributed by atoms with Crippen LogP contribution in [-0.4, -0.2) is 16.7 Å². The Hall–Kier alpha value is -1.61. The zero-order chi connectivity index (χ0) is 12.1. The second-order valence-corrected chi connectivity index (χ2v) is 4.29. The molecule has 0 aliphatic rings. The van der Waals surface area contributed by atoms with E-state index in [-0.39, 0.29) is 0 Å². The molecule has 0 spiro atoms. The third-order valence-electron chi connectivity index (χ3n) is 2.43. The molecule has 0 saturated heterocycles. The average Bonchev–Trinajstić information content (AvgIpc) is 2.32. The number of nitrogens with one attached hydrogen (secondary N) is 1. The lowest BCUT2D eigenvalue weighted by Crippen LogP contribution is -2.06. The monoisotopic (exact) mass is 247 g/mol. The maximum absolute atomic E-state index is 5.66. The van der Waals surface area contributed by atoms with Gasteiger partial charge in [0.2, 0.25) is 0 Å². The molecule has 0 amide bonds. The van der Waals surface area contributed by atoms with E-state index in [4.69, 9.17) is 11.6 Å². The molecule has 0 aliphatic carbocycles. The van der Waals surface area contributed by atoms with Gasteiger partial charge in [-0.3, -0.25) is 0 Å². The molecule has 2 aromatic rings. The molecule has 1 heterocycles. The van der Waals surface area contributed by atoms with E-state index in [1.54, 1.807) is 6.07 Å². The minimum Gasteiger partial charge on any atom is -0.368 e. The van der Waals surface area contributed by atoms with E-state index in [9.17, 15) is 0 Å². The quantitative estimate of drug-likeness (QED) is 0.902. The molecule has 2 rings (SSSR count). The van der Waals surface area contributed by atoms with Crippen molar-refractivity contribution in [2.75, 3.05) is 11.9 Å². The molecule has 1 N–H and O–H groups in total. The molecule has 0 radical (unpaired) electrons. The van der Waals surface area contributed by atoms with Gasteiger partial charge in [-0.05, 0) is 31.0 Å². The molecule has 4 heteroatoms. The number of nitrogens with zero attached hydrogens (tertiary/aromatic N) is 2. The smallest absolute Gasteiger partial charge is 0.151 e. The molecule has 0 saturated carbocycles. The fraction of sp³-hybridized carbons (Fsp3) is 0.231. The molecular weight excluding hydrogens is 234 g/mol. The highest BCUT2D eigenvalue weighted by Gasteiger charge is 1.96. The zero-order valence-electron chi connectivity index (χ0n) is 9.65. The van der Waals surface area contributed by atoms with Crippen LogP contribution >= 0.6 is 11.6 Å². The number of benzene rings is 1. The number of hydrogen-bond donors (Lipinski definition) is 1. The number of rotatable bonds is 4. The van der Waals surface area contributed by atoms with Crippen molar-refractivity contribution in [2.45, 2.75) is 13.3 Å². The van der Waals surface area contributed by atoms with Gasteiger partial charge in [-0.25, -0.2) is 0 Å². The zero-order valence-corrected chi connectivity index (χ0v) is 10.4. The van der Waals surface area contributed by atoms with Crippen LogP contribution in [0.2, 0.25) is 5.15 Å². The Balaban J connectivity index is 1.85. The Kier molecular flexibility index (Phi) is 3.94. The van der Waals surface area contributed by atoms with Gasteiger partial charge in [0.05, 0.1) is 0 Å². The molecular formula is C13H14ClN3. The van der Waals surface area contributed by atoms with Gasteiger partial charge in [0.1, 0.15) is 5.82 Å². The third kappa shape index (κ3) is 3.71. The molecule has 0 atom stereocenters. The fourth-order valence-corrected chi connectivity index (χ4v) is 1.71. The van der Waals surface area contributed by atoms with E-state index in [1.807, 2.05) is 6.07 Å². The van der Waals surface area contributed by atoms with Gasteiger partial charge in [-0.15, -0.1) is 10.2 Å². The fourth-order valence-electron chi connectivity index (χ4n) is 1.61. The summed E-state index contributed by atoms with van der Waals surface area (Å²) in [6.07, 6.45) is 0.964. The molecule has 0 fully saturated rings. The van der Waals surface area contributed by atoms with E-state index in [0.29, 0.717) is 5.15 Å².